The molecule has 3 rings (SSSR count). The van der Waals surface area contributed by atoms with Crippen molar-refractivity contribution in [2.45, 2.75) is 6.54 Å². The maximum absolute atomic E-state index is 11.8. The number of urea groups is 1. The summed E-state index contributed by atoms with van der Waals surface area (Å²) in [5.41, 5.74) is 0.556. The third-order valence-electron chi connectivity index (χ3n) is 2.84. The van der Waals surface area contributed by atoms with E-state index in [1.165, 1.54) is 17.7 Å². The molecule has 0 aliphatic heterocycles. The van der Waals surface area contributed by atoms with Gasteiger partial charge in [0, 0.05) is 10.6 Å². The zero-order chi connectivity index (χ0) is 14.7. The molecule has 21 heavy (non-hydrogen) atoms. The van der Waals surface area contributed by atoms with Crippen LogP contribution in [0.2, 0.25) is 0 Å². The van der Waals surface area contributed by atoms with Crippen molar-refractivity contribution in [1.82, 2.24) is 15.3 Å². The summed E-state index contributed by atoms with van der Waals surface area (Å²) in [6.07, 6.45) is 1.38. The topological polar surface area (TPSA) is 86.9 Å². The second-order valence-electron chi connectivity index (χ2n) is 4.34. The van der Waals surface area contributed by atoms with E-state index in [0.29, 0.717) is 16.8 Å². The molecule has 0 aliphatic carbocycles. The molecule has 0 atom stereocenters. The molecule has 7 heteroatoms. The van der Waals surface area contributed by atoms with E-state index in [1.54, 1.807) is 6.07 Å². The minimum atomic E-state index is -0.291. The summed E-state index contributed by atoms with van der Waals surface area (Å²) in [5, 5.41) is 6.02. The molecule has 3 aromatic rings. The second-order valence-corrected chi connectivity index (χ2v) is 5.45. The summed E-state index contributed by atoms with van der Waals surface area (Å²) in [4.78, 5) is 31.5. The third kappa shape index (κ3) is 3.09. The van der Waals surface area contributed by atoms with Crippen LogP contribution < -0.4 is 16.2 Å². The number of thiophene rings is 1. The number of amides is 2. The van der Waals surface area contributed by atoms with Gasteiger partial charge in [-0.3, -0.25) is 4.79 Å². The fourth-order valence-corrected chi connectivity index (χ4v) is 2.80. The molecule has 2 heterocycles. The predicted molar refractivity (Wildman–Crippen MR) is 82.5 cm³/mol. The Morgan fingerprint density at radius 1 is 1.29 bits per heavy atom. The summed E-state index contributed by atoms with van der Waals surface area (Å²) >= 11 is 1.39. The molecule has 106 valence electrons. The first kappa shape index (κ1) is 13.3. The first-order valence-electron chi connectivity index (χ1n) is 6.28. The summed E-state index contributed by atoms with van der Waals surface area (Å²) in [7, 11) is 0. The van der Waals surface area contributed by atoms with Crippen molar-refractivity contribution in [3.05, 3.63) is 58.0 Å². The van der Waals surface area contributed by atoms with E-state index in [-0.39, 0.29) is 11.6 Å². The fourth-order valence-electron chi connectivity index (χ4n) is 1.87. The van der Waals surface area contributed by atoms with Crippen molar-refractivity contribution in [2.75, 3.05) is 5.32 Å². The van der Waals surface area contributed by atoms with Crippen molar-refractivity contribution in [1.29, 1.82) is 0 Å². The van der Waals surface area contributed by atoms with E-state index in [4.69, 9.17) is 0 Å². The van der Waals surface area contributed by atoms with Gasteiger partial charge in [-0.05, 0) is 18.2 Å². The Hall–Kier alpha value is -2.67. The molecule has 6 nitrogen and oxygen atoms in total. The van der Waals surface area contributed by atoms with Gasteiger partial charge in [0.05, 0.1) is 18.3 Å². The lowest BCUT2D eigenvalue weighted by Gasteiger charge is -2.05. The molecular formula is C14H12N4O2S. The highest BCUT2D eigenvalue weighted by molar-refractivity contribution is 7.18. The number of hydrogen-bond donors (Lipinski definition) is 3. The number of benzene rings is 1. The Morgan fingerprint density at radius 2 is 2.10 bits per heavy atom. The van der Waals surface area contributed by atoms with Crippen LogP contribution in [0.1, 0.15) is 4.88 Å². The van der Waals surface area contributed by atoms with Gasteiger partial charge in [-0.2, -0.15) is 0 Å². The van der Waals surface area contributed by atoms with Gasteiger partial charge in [-0.15, -0.1) is 11.3 Å². The molecule has 0 saturated heterocycles. The lowest BCUT2D eigenvalue weighted by Crippen LogP contribution is -2.27. The number of para-hydroxylation sites is 1. The quantitative estimate of drug-likeness (QED) is 0.693. The monoisotopic (exact) mass is 300 g/mol. The maximum Gasteiger partial charge on any atom is 0.319 e. The van der Waals surface area contributed by atoms with E-state index < -0.39 is 0 Å². The van der Waals surface area contributed by atoms with Gasteiger partial charge in [0.1, 0.15) is 4.83 Å². The number of anilines is 1. The van der Waals surface area contributed by atoms with Crippen LogP contribution in [0.15, 0.2) is 47.5 Å². The fraction of sp³-hybridized carbons (Fsp3) is 0.0714. The number of rotatable bonds is 3. The van der Waals surface area contributed by atoms with Gasteiger partial charge in [0.2, 0.25) is 0 Å². The Morgan fingerprint density at radius 3 is 2.86 bits per heavy atom. The molecule has 1 aromatic carbocycles. The summed E-state index contributed by atoms with van der Waals surface area (Å²) in [5.74, 6) is 0. The van der Waals surface area contributed by atoms with Crippen molar-refractivity contribution in [3.8, 4) is 0 Å². The lowest BCUT2D eigenvalue weighted by molar-refractivity contribution is 0.252. The predicted octanol–water partition coefficient (Wildman–Crippen LogP) is 2.31. The largest absolute Gasteiger partial charge is 0.333 e. The molecular weight excluding hydrogens is 288 g/mol. The number of carbonyl (C=O) groups excluding carboxylic acids is 1. The molecule has 0 spiro atoms. The molecule has 0 bridgehead atoms. The van der Waals surface area contributed by atoms with Crippen molar-refractivity contribution in [3.63, 3.8) is 0 Å². The van der Waals surface area contributed by atoms with Gasteiger partial charge in [-0.1, -0.05) is 18.2 Å². The minimum absolute atomic E-state index is 0.170. The van der Waals surface area contributed by atoms with Gasteiger partial charge < -0.3 is 15.6 Å². The SMILES string of the molecule is O=C(NCc1cc2c(=O)[nH]cnc2s1)Nc1ccccc1. The number of aromatic nitrogens is 2. The lowest BCUT2D eigenvalue weighted by atomic mass is 10.3. The number of aromatic amines is 1. The van der Waals surface area contributed by atoms with Crippen LogP contribution >= 0.6 is 11.3 Å². The Kier molecular flexibility index (Phi) is 3.65. The molecule has 2 aromatic heterocycles. The van der Waals surface area contributed by atoms with Gasteiger partial charge in [0.15, 0.2) is 0 Å². The van der Waals surface area contributed by atoms with E-state index in [0.717, 1.165) is 10.6 Å². The van der Waals surface area contributed by atoms with Gasteiger partial charge in [0.25, 0.3) is 5.56 Å². The van der Waals surface area contributed by atoms with Crippen LogP contribution in [0.5, 0.6) is 0 Å². The molecule has 0 saturated carbocycles. The smallest absolute Gasteiger partial charge is 0.319 e. The highest BCUT2D eigenvalue weighted by atomic mass is 32.1. The molecule has 0 aliphatic rings. The average molecular weight is 300 g/mol. The van der Waals surface area contributed by atoms with Crippen LogP contribution in [0.4, 0.5) is 10.5 Å². The van der Waals surface area contributed by atoms with Gasteiger partial charge in [-0.25, -0.2) is 9.78 Å². The third-order valence-corrected chi connectivity index (χ3v) is 3.88. The number of carbonyl (C=O) groups is 1. The van der Waals surface area contributed by atoms with Crippen LogP contribution in [0, 0.1) is 0 Å². The first-order valence-corrected chi connectivity index (χ1v) is 7.10. The number of nitrogens with one attached hydrogen (secondary N) is 3. The molecule has 3 N–H and O–H groups in total. The number of nitrogens with zero attached hydrogens (tertiary/aromatic N) is 1. The van der Waals surface area contributed by atoms with E-state index in [1.807, 2.05) is 30.3 Å². The molecule has 0 radical (unpaired) electrons. The highest BCUT2D eigenvalue weighted by Gasteiger charge is 2.07. The van der Waals surface area contributed by atoms with Crippen LogP contribution in [0.25, 0.3) is 10.2 Å². The van der Waals surface area contributed by atoms with E-state index >= 15 is 0 Å². The standard InChI is InChI=1S/C14H12N4O2S/c19-12-11-6-10(21-13(11)17-8-16-12)7-15-14(20)18-9-4-2-1-3-5-9/h1-6,8H,7H2,(H2,15,18,20)(H,16,17,19). The Bertz CT molecular complexity index is 826. The maximum atomic E-state index is 11.8. The number of hydrogen-bond acceptors (Lipinski definition) is 4. The summed E-state index contributed by atoms with van der Waals surface area (Å²) in [6, 6.07) is 10.6. The van der Waals surface area contributed by atoms with Crippen molar-refractivity contribution >= 4 is 33.3 Å². The van der Waals surface area contributed by atoms with Crippen LogP contribution in [0.3, 0.4) is 0 Å². The van der Waals surface area contributed by atoms with Gasteiger partial charge >= 0.3 is 6.03 Å². The number of fused-ring (bicyclic) bond motifs is 1. The van der Waals surface area contributed by atoms with Crippen LogP contribution in [-0.4, -0.2) is 16.0 Å². The van der Waals surface area contributed by atoms with E-state index in [2.05, 4.69) is 20.6 Å². The van der Waals surface area contributed by atoms with Crippen molar-refractivity contribution < 1.29 is 4.79 Å². The number of H-pyrrole nitrogens is 1. The Labute approximate surface area is 123 Å². The molecule has 0 fully saturated rings. The minimum Gasteiger partial charge on any atom is -0.333 e. The molecule has 0 unspecified atom stereocenters. The zero-order valence-corrected chi connectivity index (χ0v) is 11.7. The normalized spacial score (nSPS) is 10.5. The van der Waals surface area contributed by atoms with Crippen LogP contribution in [-0.2, 0) is 6.54 Å². The first-order chi connectivity index (χ1) is 10.2. The highest BCUT2D eigenvalue weighted by Crippen LogP contribution is 2.20. The van der Waals surface area contributed by atoms with E-state index in [9.17, 15) is 9.59 Å². The average Bonchev–Trinajstić information content (AvgIpc) is 2.91. The summed E-state index contributed by atoms with van der Waals surface area (Å²) in [6.45, 7) is 0.346. The zero-order valence-electron chi connectivity index (χ0n) is 10.9. The molecule has 2 amide bonds. The second kappa shape index (κ2) is 5.76. The summed E-state index contributed by atoms with van der Waals surface area (Å²) < 4.78 is 0. The van der Waals surface area contributed by atoms with Crippen molar-refractivity contribution in [2.24, 2.45) is 0 Å². The Balaban J connectivity index is 1.65.